The fraction of sp³-hybridized carbons (Fsp3) is 0.615. The average molecular weight is 235 g/mol. The molecule has 1 saturated heterocycles. The Morgan fingerprint density at radius 3 is 2.53 bits per heavy atom. The van der Waals surface area contributed by atoms with Crippen LogP contribution < -0.4 is 15.4 Å². The van der Waals surface area contributed by atoms with Gasteiger partial charge in [0.05, 0.1) is 12.8 Å². The first-order valence-electron chi connectivity index (χ1n) is 6.15. The van der Waals surface area contributed by atoms with Crippen molar-refractivity contribution in [3.05, 3.63) is 12.1 Å². The van der Waals surface area contributed by atoms with Crippen LogP contribution in [0.4, 0.5) is 11.5 Å². The summed E-state index contributed by atoms with van der Waals surface area (Å²) in [6.07, 6.45) is 1.28. The second kappa shape index (κ2) is 4.82. The van der Waals surface area contributed by atoms with E-state index in [2.05, 4.69) is 23.7 Å². The van der Waals surface area contributed by atoms with Gasteiger partial charge in [0.25, 0.3) is 0 Å². The lowest BCUT2D eigenvalue weighted by molar-refractivity contribution is 0.353. The van der Waals surface area contributed by atoms with E-state index in [1.165, 1.54) is 6.42 Å². The summed E-state index contributed by atoms with van der Waals surface area (Å²) in [5.74, 6) is 2.86. The molecule has 0 amide bonds. The molecule has 1 aromatic heterocycles. The second-order valence-corrected chi connectivity index (χ2v) is 5.12. The van der Waals surface area contributed by atoms with Crippen LogP contribution in [0.3, 0.4) is 0 Å². The van der Waals surface area contributed by atoms with E-state index in [4.69, 9.17) is 10.5 Å². The van der Waals surface area contributed by atoms with E-state index >= 15 is 0 Å². The number of pyridine rings is 1. The number of piperidine rings is 1. The number of nitrogens with two attached hydrogens (primary N) is 1. The maximum absolute atomic E-state index is 6.01. The van der Waals surface area contributed by atoms with Crippen LogP contribution in [-0.4, -0.2) is 25.2 Å². The van der Waals surface area contributed by atoms with Crippen molar-refractivity contribution in [2.75, 3.05) is 30.8 Å². The van der Waals surface area contributed by atoms with Crippen molar-refractivity contribution < 1.29 is 4.74 Å². The summed E-state index contributed by atoms with van der Waals surface area (Å²) in [7, 11) is 1.63. The van der Waals surface area contributed by atoms with Gasteiger partial charge in [-0.25, -0.2) is 0 Å². The number of methoxy groups -OCH3 is 1. The maximum atomic E-state index is 6.01. The molecule has 4 nitrogen and oxygen atoms in total. The second-order valence-electron chi connectivity index (χ2n) is 5.12. The minimum atomic E-state index is 0.625. The van der Waals surface area contributed by atoms with Crippen molar-refractivity contribution in [2.24, 2.45) is 11.8 Å². The summed E-state index contributed by atoms with van der Waals surface area (Å²) in [6, 6.07) is 3.67. The minimum Gasteiger partial charge on any atom is -0.481 e. The van der Waals surface area contributed by atoms with E-state index in [0.29, 0.717) is 17.7 Å². The average Bonchev–Trinajstić information content (AvgIpc) is 2.28. The van der Waals surface area contributed by atoms with E-state index in [1.54, 1.807) is 13.2 Å². The molecule has 1 aromatic rings. The van der Waals surface area contributed by atoms with Crippen molar-refractivity contribution >= 4 is 11.5 Å². The minimum absolute atomic E-state index is 0.625. The molecule has 0 spiro atoms. The largest absolute Gasteiger partial charge is 0.481 e. The third kappa shape index (κ3) is 2.62. The van der Waals surface area contributed by atoms with Crippen LogP contribution in [0.2, 0.25) is 0 Å². The maximum Gasteiger partial charge on any atom is 0.215 e. The zero-order valence-electron chi connectivity index (χ0n) is 10.8. The molecule has 1 aliphatic rings. The summed E-state index contributed by atoms with van der Waals surface area (Å²) in [6.45, 7) is 6.60. The molecular weight excluding hydrogens is 214 g/mol. The predicted octanol–water partition coefficient (Wildman–Crippen LogP) is 2.15. The zero-order chi connectivity index (χ0) is 12.4. The fourth-order valence-electron chi connectivity index (χ4n) is 2.64. The number of nitrogen functional groups attached to an aromatic ring is 1. The number of nitrogens with zero attached hydrogens (tertiary/aromatic N) is 2. The summed E-state index contributed by atoms with van der Waals surface area (Å²) < 4.78 is 5.16. The Balaban J connectivity index is 2.26. The lowest BCUT2D eigenvalue weighted by atomic mass is 9.92. The van der Waals surface area contributed by atoms with E-state index < -0.39 is 0 Å². The molecule has 2 unspecified atom stereocenters. The van der Waals surface area contributed by atoms with Crippen LogP contribution in [0, 0.1) is 11.8 Å². The molecule has 0 aliphatic carbocycles. The summed E-state index contributed by atoms with van der Waals surface area (Å²) >= 11 is 0. The summed E-state index contributed by atoms with van der Waals surface area (Å²) in [5, 5.41) is 0. The van der Waals surface area contributed by atoms with Crippen LogP contribution in [-0.2, 0) is 0 Å². The third-order valence-electron chi connectivity index (χ3n) is 3.26. The molecule has 1 fully saturated rings. The van der Waals surface area contributed by atoms with Crippen LogP contribution >= 0.6 is 0 Å². The third-order valence-corrected chi connectivity index (χ3v) is 3.26. The fourth-order valence-corrected chi connectivity index (χ4v) is 2.64. The normalized spacial score (nSPS) is 24.8. The lowest BCUT2D eigenvalue weighted by Gasteiger charge is -2.36. The van der Waals surface area contributed by atoms with Gasteiger partial charge in [0.1, 0.15) is 0 Å². The smallest absolute Gasteiger partial charge is 0.215 e. The number of hydrogen-bond donors (Lipinski definition) is 1. The highest BCUT2D eigenvalue weighted by Gasteiger charge is 2.24. The van der Waals surface area contributed by atoms with Gasteiger partial charge in [-0.2, -0.15) is 4.98 Å². The van der Waals surface area contributed by atoms with Gasteiger partial charge in [-0.15, -0.1) is 0 Å². The monoisotopic (exact) mass is 235 g/mol. The molecule has 2 N–H and O–H groups in total. The van der Waals surface area contributed by atoms with Gasteiger partial charge in [-0.1, -0.05) is 13.8 Å². The van der Waals surface area contributed by atoms with Crippen molar-refractivity contribution in [3.8, 4) is 5.88 Å². The first-order chi connectivity index (χ1) is 8.10. The van der Waals surface area contributed by atoms with Crippen LogP contribution in [0.1, 0.15) is 20.3 Å². The Morgan fingerprint density at radius 2 is 1.94 bits per heavy atom. The Bertz CT molecular complexity index is 384. The zero-order valence-corrected chi connectivity index (χ0v) is 10.8. The first-order valence-corrected chi connectivity index (χ1v) is 6.15. The Kier molecular flexibility index (Phi) is 3.41. The number of rotatable bonds is 2. The van der Waals surface area contributed by atoms with Gasteiger partial charge in [-0.3, -0.25) is 0 Å². The van der Waals surface area contributed by atoms with Gasteiger partial charge >= 0.3 is 0 Å². The van der Waals surface area contributed by atoms with Crippen LogP contribution in [0.15, 0.2) is 12.1 Å². The standard InChI is InChI=1S/C13H21N3O/c1-9-6-10(2)8-16(7-9)13-11(14)4-5-12(15-13)17-3/h4-5,9-10H,6-8,14H2,1-3H3. The van der Waals surface area contributed by atoms with E-state index in [9.17, 15) is 0 Å². The highest BCUT2D eigenvalue weighted by atomic mass is 16.5. The van der Waals surface area contributed by atoms with E-state index in [1.807, 2.05) is 6.07 Å². The molecule has 2 heterocycles. The SMILES string of the molecule is COc1ccc(N)c(N2CC(C)CC(C)C2)n1. The Labute approximate surface area is 103 Å². The summed E-state index contributed by atoms with van der Waals surface area (Å²) in [5.41, 5.74) is 6.73. The lowest BCUT2D eigenvalue weighted by Crippen LogP contribution is -2.39. The quantitative estimate of drug-likeness (QED) is 0.853. The van der Waals surface area contributed by atoms with Crippen LogP contribution in [0.5, 0.6) is 5.88 Å². The van der Waals surface area contributed by atoms with Gasteiger partial charge < -0.3 is 15.4 Å². The van der Waals surface area contributed by atoms with Crippen molar-refractivity contribution in [1.29, 1.82) is 0 Å². The Hall–Kier alpha value is -1.45. The van der Waals surface area contributed by atoms with E-state index in [-0.39, 0.29) is 0 Å². The Morgan fingerprint density at radius 1 is 1.29 bits per heavy atom. The van der Waals surface area contributed by atoms with Crippen molar-refractivity contribution in [1.82, 2.24) is 4.98 Å². The molecule has 2 rings (SSSR count). The molecular formula is C13H21N3O. The highest BCUT2D eigenvalue weighted by molar-refractivity contribution is 5.63. The predicted molar refractivity (Wildman–Crippen MR) is 70.4 cm³/mol. The molecule has 17 heavy (non-hydrogen) atoms. The van der Waals surface area contributed by atoms with E-state index in [0.717, 1.165) is 24.6 Å². The van der Waals surface area contributed by atoms with Gasteiger partial charge in [-0.05, 0) is 24.3 Å². The summed E-state index contributed by atoms with van der Waals surface area (Å²) in [4.78, 5) is 6.74. The number of ether oxygens (including phenoxy) is 1. The van der Waals surface area contributed by atoms with Crippen molar-refractivity contribution in [2.45, 2.75) is 20.3 Å². The topological polar surface area (TPSA) is 51.4 Å². The highest BCUT2D eigenvalue weighted by Crippen LogP contribution is 2.30. The molecule has 4 heteroatoms. The number of aromatic nitrogens is 1. The molecule has 94 valence electrons. The number of anilines is 2. The number of hydrogen-bond acceptors (Lipinski definition) is 4. The van der Waals surface area contributed by atoms with Crippen LogP contribution in [0.25, 0.3) is 0 Å². The molecule has 0 bridgehead atoms. The van der Waals surface area contributed by atoms with Crippen molar-refractivity contribution in [3.63, 3.8) is 0 Å². The first kappa shape index (κ1) is 12.0. The molecule has 0 saturated carbocycles. The molecule has 1 aliphatic heterocycles. The molecule has 0 aromatic carbocycles. The van der Waals surface area contributed by atoms with Gasteiger partial charge in [0, 0.05) is 19.2 Å². The molecule has 0 radical (unpaired) electrons. The molecule has 2 atom stereocenters. The van der Waals surface area contributed by atoms with Gasteiger partial charge in [0.2, 0.25) is 5.88 Å². The van der Waals surface area contributed by atoms with Gasteiger partial charge in [0.15, 0.2) is 5.82 Å².